The Bertz CT molecular complexity index is 1090. The van der Waals surface area contributed by atoms with Crippen molar-refractivity contribution < 1.29 is 10.2 Å². The minimum absolute atomic E-state index is 0.199. The first-order chi connectivity index (χ1) is 15.5. The van der Waals surface area contributed by atoms with Crippen molar-refractivity contribution >= 4 is 35.5 Å². The predicted molar refractivity (Wildman–Crippen MR) is 134 cm³/mol. The van der Waals surface area contributed by atoms with Crippen LogP contribution < -0.4 is 0 Å². The van der Waals surface area contributed by atoms with E-state index >= 15 is 0 Å². The summed E-state index contributed by atoms with van der Waals surface area (Å²) in [7, 11) is 0. The number of phenols is 2. The molecule has 0 spiro atoms. The Hall–Kier alpha value is -3.60. The van der Waals surface area contributed by atoms with Crippen LogP contribution in [-0.2, 0) is 6.42 Å². The van der Waals surface area contributed by atoms with E-state index in [1.54, 1.807) is 36.7 Å². The molecule has 0 fully saturated rings. The quantitative estimate of drug-likeness (QED) is 0.333. The maximum absolute atomic E-state index is 9.98. The van der Waals surface area contributed by atoms with Crippen LogP contribution in [0.4, 0.5) is 5.69 Å². The number of nitrogens with zero attached hydrogens (tertiary/aromatic N) is 3. The summed E-state index contributed by atoms with van der Waals surface area (Å²) in [6, 6.07) is 22.1. The van der Waals surface area contributed by atoms with Gasteiger partial charge in [0, 0.05) is 42.1 Å². The summed E-state index contributed by atoms with van der Waals surface area (Å²) in [4.78, 5) is 13.2. The van der Waals surface area contributed by atoms with Crippen molar-refractivity contribution in [3.63, 3.8) is 0 Å². The third-order valence-electron chi connectivity index (χ3n) is 5.02. The largest absolute Gasteiger partial charge is 0.507 e. The van der Waals surface area contributed by atoms with Crippen molar-refractivity contribution in [1.82, 2.24) is 0 Å². The smallest absolute Gasteiger partial charge is 0.124 e. The number of hydrogen-bond donors (Lipinski definition) is 2. The number of thiocarbonyl (C=S) groups is 1. The number of benzene rings is 3. The molecule has 2 N–H and O–H groups in total. The first-order valence-electron chi connectivity index (χ1n) is 10.2. The fraction of sp³-hybridized carbons (Fsp3) is 0.192. The van der Waals surface area contributed by atoms with Crippen molar-refractivity contribution in [2.45, 2.75) is 13.3 Å². The molecule has 0 atom stereocenters. The van der Waals surface area contributed by atoms with Crippen LogP contribution in [-0.4, -0.2) is 40.9 Å². The van der Waals surface area contributed by atoms with Crippen LogP contribution in [0.1, 0.15) is 23.6 Å². The van der Waals surface area contributed by atoms with E-state index < -0.39 is 0 Å². The van der Waals surface area contributed by atoms with E-state index in [2.05, 4.69) is 39.3 Å². The Morgan fingerprint density at radius 1 is 0.812 bits per heavy atom. The van der Waals surface area contributed by atoms with Gasteiger partial charge in [-0.1, -0.05) is 43.3 Å². The van der Waals surface area contributed by atoms with E-state index in [0.717, 1.165) is 17.7 Å². The molecule has 32 heavy (non-hydrogen) atoms. The number of isothiocyanates is 1. The van der Waals surface area contributed by atoms with Crippen LogP contribution in [0.3, 0.4) is 0 Å². The zero-order valence-corrected chi connectivity index (χ0v) is 18.7. The highest BCUT2D eigenvalue weighted by Gasteiger charge is 2.24. The lowest BCUT2D eigenvalue weighted by Gasteiger charge is -2.26. The second-order valence-electron chi connectivity index (χ2n) is 7.91. The Balaban J connectivity index is 1.79. The van der Waals surface area contributed by atoms with Crippen LogP contribution in [0.5, 0.6) is 11.5 Å². The third kappa shape index (κ3) is 6.71. The van der Waals surface area contributed by atoms with Crippen LogP contribution in [0, 0.1) is 5.41 Å². The van der Waals surface area contributed by atoms with Crippen LogP contribution in [0.2, 0.25) is 0 Å². The van der Waals surface area contributed by atoms with E-state index in [0.29, 0.717) is 24.2 Å². The molecule has 0 heterocycles. The molecule has 0 amide bonds. The molecule has 3 aromatic rings. The van der Waals surface area contributed by atoms with Crippen LogP contribution >= 0.6 is 12.2 Å². The highest BCUT2D eigenvalue weighted by molar-refractivity contribution is 7.78. The number of aliphatic imine (C=N–C) groups is 3. The molecular weight excluding hydrogens is 418 g/mol. The average molecular weight is 444 g/mol. The first-order valence-corrected chi connectivity index (χ1v) is 10.6. The number of para-hydroxylation sites is 2. The minimum Gasteiger partial charge on any atom is -0.507 e. The van der Waals surface area contributed by atoms with Gasteiger partial charge >= 0.3 is 0 Å². The summed E-state index contributed by atoms with van der Waals surface area (Å²) < 4.78 is 0. The number of rotatable bonds is 9. The fourth-order valence-electron chi connectivity index (χ4n) is 3.32. The number of aromatic hydroxyl groups is 2. The van der Waals surface area contributed by atoms with Crippen molar-refractivity contribution in [3.8, 4) is 11.5 Å². The monoisotopic (exact) mass is 443 g/mol. The maximum atomic E-state index is 9.98. The molecule has 0 unspecified atom stereocenters. The maximum Gasteiger partial charge on any atom is 0.124 e. The summed E-state index contributed by atoms with van der Waals surface area (Å²) in [6.45, 7) is 3.15. The summed E-state index contributed by atoms with van der Waals surface area (Å²) >= 11 is 4.66. The minimum atomic E-state index is -0.281. The van der Waals surface area contributed by atoms with Gasteiger partial charge in [0.25, 0.3) is 0 Å². The van der Waals surface area contributed by atoms with Crippen molar-refractivity contribution in [2.24, 2.45) is 20.4 Å². The highest BCUT2D eigenvalue weighted by atomic mass is 32.1. The molecule has 0 aliphatic rings. The topological polar surface area (TPSA) is 77.5 Å². The van der Waals surface area contributed by atoms with E-state index in [1.165, 1.54) is 0 Å². The Morgan fingerprint density at radius 3 is 1.78 bits per heavy atom. The Labute approximate surface area is 193 Å². The Kier molecular flexibility index (Phi) is 8.03. The van der Waals surface area contributed by atoms with Gasteiger partial charge in [-0.15, -0.1) is 0 Å². The Morgan fingerprint density at radius 2 is 1.31 bits per heavy atom. The van der Waals surface area contributed by atoms with Gasteiger partial charge < -0.3 is 10.2 Å². The number of phenolic OH excluding ortho intramolecular Hbond substituents is 2. The predicted octanol–water partition coefficient (Wildman–Crippen LogP) is 5.62. The molecule has 5 nitrogen and oxygen atoms in total. The average Bonchev–Trinajstić information content (AvgIpc) is 2.78. The van der Waals surface area contributed by atoms with Gasteiger partial charge in [-0.05, 0) is 60.6 Å². The normalized spacial score (nSPS) is 13.2. The lowest BCUT2D eigenvalue weighted by Crippen LogP contribution is -2.27. The molecule has 6 heteroatoms. The van der Waals surface area contributed by atoms with Gasteiger partial charge in [0.2, 0.25) is 0 Å². The van der Waals surface area contributed by atoms with E-state index in [4.69, 9.17) is 0 Å². The SMILES string of the molecule is CC(CN=Cc1ccccc1O)(CN=Cc1ccccc1O)Cc1ccc(N=C=S)cc1. The van der Waals surface area contributed by atoms with Gasteiger partial charge in [0.05, 0.1) is 10.8 Å². The first kappa shape index (κ1) is 23.1. The molecule has 0 saturated carbocycles. The fourth-order valence-corrected chi connectivity index (χ4v) is 3.42. The van der Waals surface area contributed by atoms with Crippen LogP contribution in [0.15, 0.2) is 87.8 Å². The second kappa shape index (κ2) is 11.1. The summed E-state index contributed by atoms with van der Waals surface area (Å²) in [5, 5.41) is 22.3. The molecule has 0 radical (unpaired) electrons. The molecular formula is C26H25N3O2S. The van der Waals surface area contributed by atoms with Crippen LogP contribution in [0.25, 0.3) is 0 Å². The standard InChI is InChI=1S/C26H25N3O2S/c1-26(14-20-10-12-23(13-11-20)29-19-32,17-27-15-21-6-2-4-8-24(21)30)18-28-16-22-7-3-5-9-25(22)31/h2-13,15-16,30-31H,14,17-18H2,1H3. The van der Waals surface area contributed by atoms with Gasteiger partial charge in [-0.25, -0.2) is 0 Å². The van der Waals surface area contributed by atoms with Gasteiger partial charge in [-0.2, -0.15) is 4.99 Å². The van der Waals surface area contributed by atoms with Crippen molar-refractivity contribution in [2.75, 3.05) is 13.1 Å². The molecule has 0 aliphatic heterocycles. The molecule has 3 rings (SSSR count). The summed E-state index contributed by atoms with van der Waals surface area (Å²) in [6.07, 6.45) is 4.12. The zero-order chi connectivity index (χ0) is 22.8. The van der Waals surface area contributed by atoms with Gasteiger partial charge in [0.15, 0.2) is 0 Å². The number of hydrogen-bond acceptors (Lipinski definition) is 6. The van der Waals surface area contributed by atoms with E-state index in [9.17, 15) is 10.2 Å². The van der Waals surface area contributed by atoms with E-state index in [-0.39, 0.29) is 16.9 Å². The van der Waals surface area contributed by atoms with E-state index in [1.807, 2.05) is 48.5 Å². The molecule has 3 aromatic carbocycles. The lowest BCUT2D eigenvalue weighted by molar-refractivity contribution is 0.349. The summed E-state index contributed by atoms with van der Waals surface area (Å²) in [5.41, 5.74) is 2.97. The highest BCUT2D eigenvalue weighted by Crippen LogP contribution is 2.26. The summed E-state index contributed by atoms with van der Waals surface area (Å²) in [5.74, 6) is 0.399. The molecule has 0 bridgehead atoms. The molecule has 0 saturated heterocycles. The zero-order valence-electron chi connectivity index (χ0n) is 17.8. The second-order valence-corrected chi connectivity index (χ2v) is 8.10. The molecule has 162 valence electrons. The lowest BCUT2D eigenvalue weighted by atomic mass is 9.83. The van der Waals surface area contributed by atoms with Crippen molar-refractivity contribution in [3.05, 3.63) is 89.5 Å². The van der Waals surface area contributed by atoms with Gasteiger partial charge in [0.1, 0.15) is 11.5 Å². The third-order valence-corrected chi connectivity index (χ3v) is 5.11. The molecule has 0 aliphatic carbocycles. The molecule has 0 aromatic heterocycles. The van der Waals surface area contributed by atoms with Crippen molar-refractivity contribution in [1.29, 1.82) is 0 Å². The van der Waals surface area contributed by atoms with Gasteiger partial charge in [-0.3, -0.25) is 9.98 Å².